The number of carbonyl (C=O) groups is 3. The molecule has 0 bridgehead atoms. The third-order valence-electron chi connectivity index (χ3n) is 6.88. The lowest BCUT2D eigenvalue weighted by Crippen LogP contribution is -2.26. The Hall–Kier alpha value is -3.75. The van der Waals surface area contributed by atoms with Gasteiger partial charge in [-0.3, -0.25) is 9.59 Å². The van der Waals surface area contributed by atoms with Gasteiger partial charge in [-0.05, 0) is 54.3 Å². The number of halogens is 2. The SMILES string of the molecule is CC(C)(C)c1cc2cc(CC(=O)C3(c4ccc5c(c4)OC(F)(F)O5)CC3)ccc2n1CC(=O)C(=O)O. The molecule has 1 aromatic heterocycles. The molecule has 1 N–H and O–H groups in total. The average Bonchev–Trinajstić information content (AvgIpc) is 3.42. The highest BCUT2D eigenvalue weighted by molar-refractivity contribution is 6.32. The van der Waals surface area contributed by atoms with Crippen LogP contribution in [0.2, 0.25) is 0 Å². The van der Waals surface area contributed by atoms with Gasteiger partial charge in [-0.25, -0.2) is 4.79 Å². The van der Waals surface area contributed by atoms with Crippen LogP contribution in [0.4, 0.5) is 8.78 Å². The maximum atomic E-state index is 13.4. The van der Waals surface area contributed by atoms with Gasteiger partial charge in [-0.1, -0.05) is 32.9 Å². The second kappa shape index (κ2) is 7.88. The molecule has 188 valence electrons. The lowest BCUT2D eigenvalue weighted by molar-refractivity contribution is -0.286. The quantitative estimate of drug-likeness (QED) is 0.473. The van der Waals surface area contributed by atoms with Crippen molar-refractivity contribution < 1.29 is 37.7 Å². The lowest BCUT2D eigenvalue weighted by Gasteiger charge is -2.21. The van der Waals surface area contributed by atoms with Crippen LogP contribution >= 0.6 is 0 Å². The molecule has 9 heteroatoms. The van der Waals surface area contributed by atoms with Gasteiger partial charge in [-0.2, -0.15) is 0 Å². The van der Waals surface area contributed by atoms with Crippen molar-refractivity contribution in [2.45, 2.75) is 63.7 Å². The number of ketones is 2. The van der Waals surface area contributed by atoms with E-state index in [1.54, 1.807) is 22.8 Å². The number of ether oxygens (including phenoxy) is 2. The molecule has 1 fully saturated rings. The third-order valence-corrected chi connectivity index (χ3v) is 6.88. The fraction of sp³-hybridized carbons (Fsp3) is 0.370. The van der Waals surface area contributed by atoms with Crippen LogP contribution in [-0.4, -0.2) is 33.5 Å². The summed E-state index contributed by atoms with van der Waals surface area (Å²) in [5.74, 6) is -2.55. The minimum atomic E-state index is -3.71. The normalized spacial score (nSPS) is 17.2. The summed E-state index contributed by atoms with van der Waals surface area (Å²) in [5.41, 5.74) is 1.83. The van der Waals surface area contributed by atoms with Gasteiger partial charge in [0.15, 0.2) is 11.5 Å². The van der Waals surface area contributed by atoms with Gasteiger partial charge in [0.2, 0.25) is 0 Å². The summed E-state index contributed by atoms with van der Waals surface area (Å²) < 4.78 is 37.5. The van der Waals surface area contributed by atoms with Crippen LogP contribution in [0.15, 0.2) is 42.5 Å². The molecule has 1 aliphatic heterocycles. The number of hydrogen-bond donors (Lipinski definition) is 1. The number of nitrogens with zero attached hydrogens (tertiary/aromatic N) is 1. The minimum Gasteiger partial charge on any atom is -0.475 e. The van der Waals surface area contributed by atoms with Crippen LogP contribution in [0.3, 0.4) is 0 Å². The van der Waals surface area contributed by atoms with Crippen LogP contribution in [0.5, 0.6) is 11.5 Å². The highest BCUT2D eigenvalue weighted by Crippen LogP contribution is 2.52. The molecule has 0 amide bonds. The second-order valence-corrected chi connectivity index (χ2v) is 10.5. The second-order valence-electron chi connectivity index (χ2n) is 10.5. The number of hydrogen-bond acceptors (Lipinski definition) is 5. The molecule has 0 spiro atoms. The third kappa shape index (κ3) is 4.12. The van der Waals surface area contributed by atoms with Gasteiger partial charge < -0.3 is 19.1 Å². The monoisotopic (exact) mass is 497 g/mol. The zero-order chi connectivity index (χ0) is 26.0. The molecule has 0 radical (unpaired) electrons. The van der Waals surface area contributed by atoms with Crippen LogP contribution in [-0.2, 0) is 38.2 Å². The summed E-state index contributed by atoms with van der Waals surface area (Å²) in [6.07, 6.45) is -2.34. The first-order valence-electron chi connectivity index (χ1n) is 11.6. The number of rotatable bonds is 7. The Morgan fingerprint density at radius 3 is 2.33 bits per heavy atom. The van der Waals surface area contributed by atoms with Crippen LogP contribution in [0, 0.1) is 0 Å². The maximum absolute atomic E-state index is 13.4. The molecule has 0 unspecified atom stereocenters. The largest absolute Gasteiger partial charge is 0.586 e. The molecular formula is C27H25F2NO6. The fourth-order valence-electron chi connectivity index (χ4n) is 4.89. The van der Waals surface area contributed by atoms with Crippen LogP contribution in [0.25, 0.3) is 10.9 Å². The van der Waals surface area contributed by atoms with Crippen molar-refractivity contribution in [2.24, 2.45) is 0 Å². The van der Waals surface area contributed by atoms with E-state index in [0.29, 0.717) is 23.9 Å². The highest BCUT2D eigenvalue weighted by Gasteiger charge is 2.52. The van der Waals surface area contributed by atoms with Gasteiger partial charge in [0, 0.05) is 28.4 Å². The summed E-state index contributed by atoms with van der Waals surface area (Å²) in [7, 11) is 0. The van der Waals surface area contributed by atoms with E-state index in [9.17, 15) is 23.2 Å². The number of carboxylic acid groups (broad SMARTS) is 1. The first kappa shape index (κ1) is 24.0. The predicted molar refractivity (Wildman–Crippen MR) is 126 cm³/mol. The van der Waals surface area contributed by atoms with Gasteiger partial charge in [0.1, 0.15) is 5.78 Å². The predicted octanol–water partition coefficient (Wildman–Crippen LogP) is 4.76. The Morgan fingerprint density at radius 1 is 1.00 bits per heavy atom. The highest BCUT2D eigenvalue weighted by atomic mass is 19.3. The van der Waals surface area contributed by atoms with Crippen LogP contribution < -0.4 is 9.47 Å². The number of benzene rings is 2. The Bertz CT molecular complexity index is 1430. The first-order valence-corrected chi connectivity index (χ1v) is 11.6. The smallest absolute Gasteiger partial charge is 0.475 e. The van der Waals surface area contributed by atoms with Gasteiger partial charge in [0.25, 0.3) is 5.78 Å². The summed E-state index contributed by atoms with van der Waals surface area (Å²) in [5, 5.41) is 9.90. The van der Waals surface area contributed by atoms with E-state index in [2.05, 4.69) is 9.47 Å². The molecule has 0 atom stereocenters. The van der Waals surface area contributed by atoms with Gasteiger partial charge in [0.05, 0.1) is 12.0 Å². The van der Waals surface area contributed by atoms with E-state index in [4.69, 9.17) is 5.11 Å². The number of carbonyl (C=O) groups excluding carboxylic acids is 2. The van der Waals surface area contributed by atoms with E-state index in [0.717, 1.165) is 16.6 Å². The van der Waals surface area contributed by atoms with Crippen molar-refractivity contribution in [3.05, 3.63) is 59.3 Å². The fourth-order valence-corrected chi connectivity index (χ4v) is 4.89. The van der Waals surface area contributed by atoms with Crippen molar-refractivity contribution in [3.8, 4) is 11.5 Å². The number of aromatic nitrogens is 1. The molecule has 2 aliphatic rings. The molecule has 5 rings (SSSR count). The summed E-state index contributed by atoms with van der Waals surface area (Å²) >= 11 is 0. The number of Topliss-reactive ketones (excluding diaryl/α,β-unsaturated/α-hetero) is 2. The Kier molecular flexibility index (Phi) is 5.24. The van der Waals surface area contributed by atoms with E-state index in [1.165, 1.54) is 12.1 Å². The van der Waals surface area contributed by atoms with Crippen molar-refractivity contribution in [2.75, 3.05) is 0 Å². The average molecular weight is 497 g/mol. The van der Waals surface area contributed by atoms with Crippen molar-refractivity contribution in [3.63, 3.8) is 0 Å². The van der Waals surface area contributed by atoms with Gasteiger partial charge in [-0.15, -0.1) is 8.78 Å². The molecule has 1 saturated carbocycles. The molecule has 2 heterocycles. The van der Waals surface area contributed by atoms with Crippen molar-refractivity contribution in [1.29, 1.82) is 0 Å². The summed E-state index contributed by atoms with van der Waals surface area (Å²) in [6, 6.07) is 11.9. The molecule has 1 aliphatic carbocycles. The van der Waals surface area contributed by atoms with E-state index in [1.807, 2.05) is 32.9 Å². The number of fused-ring (bicyclic) bond motifs is 2. The summed E-state index contributed by atoms with van der Waals surface area (Å²) in [4.78, 5) is 36.5. The zero-order valence-electron chi connectivity index (χ0n) is 20.1. The Morgan fingerprint density at radius 2 is 1.69 bits per heavy atom. The molecule has 2 aromatic carbocycles. The molecule has 36 heavy (non-hydrogen) atoms. The van der Waals surface area contributed by atoms with E-state index < -0.39 is 23.5 Å². The van der Waals surface area contributed by atoms with E-state index >= 15 is 0 Å². The number of carboxylic acids is 1. The molecule has 0 saturated heterocycles. The molecular weight excluding hydrogens is 472 g/mol. The Balaban J connectivity index is 1.42. The summed E-state index contributed by atoms with van der Waals surface area (Å²) in [6.45, 7) is 5.65. The standard InChI is InChI=1S/C27H25F2NO6/c1-25(2,3)22-12-16-10-15(4-6-18(16)30(22)14-19(31)24(33)34)11-23(32)26(8-9-26)17-5-7-20-21(13-17)36-27(28,29)35-20/h4-7,10,12-13H,8-9,11,14H2,1-3H3,(H,33,34). The first-order chi connectivity index (χ1) is 16.8. The van der Waals surface area contributed by atoms with E-state index in [-0.39, 0.29) is 35.7 Å². The molecule has 7 nitrogen and oxygen atoms in total. The Labute approximate surface area is 205 Å². The van der Waals surface area contributed by atoms with Gasteiger partial charge >= 0.3 is 12.3 Å². The number of aliphatic carboxylic acids is 1. The van der Waals surface area contributed by atoms with Crippen LogP contribution in [0.1, 0.15) is 50.4 Å². The minimum absolute atomic E-state index is 0.0241. The zero-order valence-corrected chi connectivity index (χ0v) is 20.1. The lowest BCUT2D eigenvalue weighted by atomic mass is 9.87. The number of alkyl halides is 2. The maximum Gasteiger partial charge on any atom is 0.586 e. The van der Waals surface area contributed by atoms with Crippen molar-refractivity contribution >= 4 is 28.4 Å². The van der Waals surface area contributed by atoms with Crippen molar-refractivity contribution in [1.82, 2.24) is 4.57 Å². The topological polar surface area (TPSA) is 94.8 Å². The molecule has 3 aromatic rings.